The van der Waals surface area contributed by atoms with E-state index in [-0.39, 0.29) is 11.8 Å². The molecule has 2 heterocycles. The van der Waals surface area contributed by atoms with Gasteiger partial charge in [-0.3, -0.25) is 14.5 Å². The van der Waals surface area contributed by atoms with E-state index in [0.29, 0.717) is 41.0 Å². The van der Waals surface area contributed by atoms with Crippen LogP contribution in [-0.2, 0) is 9.59 Å². The first-order chi connectivity index (χ1) is 13.0. The van der Waals surface area contributed by atoms with Gasteiger partial charge in [-0.15, -0.1) is 0 Å². The molecule has 1 aromatic carbocycles. The third kappa shape index (κ3) is 3.73. The molecule has 0 aliphatic carbocycles. The standard InChI is InChI=1S/C22H30N2O3/c1-5-6-11-24-21(25)19(17-9-7-8-10-18(17)27-4)20(22(24)26)23-13-15(2)12-16(3)14-23/h7-10,15-16H,5-6,11-14H2,1-4H3. The molecule has 2 aliphatic heterocycles. The van der Waals surface area contributed by atoms with Gasteiger partial charge in [0.15, 0.2) is 0 Å². The lowest BCUT2D eigenvalue weighted by Gasteiger charge is -2.37. The molecule has 2 aliphatic rings. The van der Waals surface area contributed by atoms with Gasteiger partial charge < -0.3 is 9.64 Å². The van der Waals surface area contributed by atoms with Crippen molar-refractivity contribution in [2.24, 2.45) is 11.8 Å². The maximum Gasteiger partial charge on any atom is 0.277 e. The third-order valence-corrected chi connectivity index (χ3v) is 5.44. The maximum absolute atomic E-state index is 13.3. The molecule has 2 atom stereocenters. The lowest BCUT2D eigenvalue weighted by Crippen LogP contribution is -2.42. The Kier molecular flexibility index (Phi) is 5.88. The average Bonchev–Trinajstić information content (AvgIpc) is 2.89. The van der Waals surface area contributed by atoms with Gasteiger partial charge in [0.1, 0.15) is 11.4 Å². The fourth-order valence-electron chi connectivity index (χ4n) is 4.32. The number of para-hydroxylation sites is 1. The van der Waals surface area contributed by atoms with Gasteiger partial charge in [-0.25, -0.2) is 0 Å². The number of nitrogens with zero attached hydrogens (tertiary/aromatic N) is 2. The lowest BCUT2D eigenvalue weighted by molar-refractivity contribution is -0.137. The number of benzene rings is 1. The van der Waals surface area contributed by atoms with Crippen LogP contribution in [0.1, 0.15) is 45.6 Å². The first-order valence-electron chi connectivity index (χ1n) is 9.96. The number of methoxy groups -OCH3 is 1. The van der Waals surface area contributed by atoms with Gasteiger partial charge in [0.05, 0.1) is 12.7 Å². The Morgan fingerprint density at radius 2 is 1.74 bits per heavy atom. The van der Waals surface area contributed by atoms with Crippen LogP contribution in [0.4, 0.5) is 0 Å². The van der Waals surface area contributed by atoms with Crippen LogP contribution in [0.3, 0.4) is 0 Å². The Hall–Kier alpha value is -2.30. The number of hydrogen-bond acceptors (Lipinski definition) is 4. The summed E-state index contributed by atoms with van der Waals surface area (Å²) in [6, 6.07) is 7.48. The van der Waals surface area contributed by atoms with E-state index in [4.69, 9.17) is 4.74 Å². The highest BCUT2D eigenvalue weighted by Gasteiger charge is 2.43. The Bertz CT molecular complexity index is 746. The molecule has 2 amide bonds. The van der Waals surface area contributed by atoms with Gasteiger partial charge >= 0.3 is 0 Å². The molecule has 0 N–H and O–H groups in total. The van der Waals surface area contributed by atoms with Crippen molar-refractivity contribution in [3.05, 3.63) is 35.5 Å². The minimum absolute atomic E-state index is 0.157. The smallest absolute Gasteiger partial charge is 0.277 e. The second-order valence-corrected chi connectivity index (χ2v) is 7.89. The van der Waals surface area contributed by atoms with Gasteiger partial charge in [0.2, 0.25) is 0 Å². The normalized spacial score (nSPS) is 23.4. The number of ether oxygens (including phenoxy) is 1. The van der Waals surface area contributed by atoms with Crippen molar-refractivity contribution in [3.63, 3.8) is 0 Å². The van der Waals surface area contributed by atoms with Crippen molar-refractivity contribution in [1.82, 2.24) is 9.80 Å². The summed E-state index contributed by atoms with van der Waals surface area (Å²) in [6.45, 7) is 8.56. The highest BCUT2D eigenvalue weighted by atomic mass is 16.5. The molecule has 0 aromatic heterocycles. The van der Waals surface area contributed by atoms with Crippen LogP contribution in [0.25, 0.3) is 5.57 Å². The van der Waals surface area contributed by atoms with Crippen LogP contribution in [-0.4, -0.2) is 48.4 Å². The fourth-order valence-corrected chi connectivity index (χ4v) is 4.32. The Morgan fingerprint density at radius 3 is 2.37 bits per heavy atom. The van der Waals surface area contributed by atoms with E-state index in [9.17, 15) is 9.59 Å². The lowest BCUT2D eigenvalue weighted by atomic mass is 9.91. The fraction of sp³-hybridized carbons (Fsp3) is 0.545. The number of unbranched alkanes of at least 4 members (excludes halogenated alkanes) is 1. The van der Waals surface area contributed by atoms with Gasteiger partial charge in [-0.2, -0.15) is 0 Å². The van der Waals surface area contributed by atoms with E-state index in [1.807, 2.05) is 24.3 Å². The second kappa shape index (κ2) is 8.15. The zero-order valence-electron chi connectivity index (χ0n) is 16.8. The molecular weight excluding hydrogens is 340 g/mol. The summed E-state index contributed by atoms with van der Waals surface area (Å²) >= 11 is 0. The first-order valence-corrected chi connectivity index (χ1v) is 9.96. The largest absolute Gasteiger partial charge is 0.496 e. The number of imide groups is 1. The van der Waals surface area contributed by atoms with Crippen molar-refractivity contribution in [3.8, 4) is 5.75 Å². The summed E-state index contributed by atoms with van der Waals surface area (Å²) in [7, 11) is 1.60. The summed E-state index contributed by atoms with van der Waals surface area (Å²) < 4.78 is 5.50. The van der Waals surface area contributed by atoms with Crippen LogP contribution in [0, 0.1) is 11.8 Å². The Balaban J connectivity index is 2.10. The number of amides is 2. The predicted octanol–water partition coefficient (Wildman–Crippen LogP) is 3.55. The number of hydrogen-bond donors (Lipinski definition) is 0. The highest BCUT2D eigenvalue weighted by molar-refractivity contribution is 6.36. The number of piperidine rings is 1. The molecule has 0 radical (unpaired) electrons. The minimum atomic E-state index is -0.196. The van der Waals surface area contributed by atoms with E-state index >= 15 is 0 Å². The van der Waals surface area contributed by atoms with Gasteiger partial charge in [-0.1, -0.05) is 45.4 Å². The summed E-state index contributed by atoms with van der Waals surface area (Å²) in [5, 5.41) is 0. The molecule has 146 valence electrons. The van der Waals surface area contributed by atoms with Crippen LogP contribution in [0.5, 0.6) is 5.75 Å². The van der Waals surface area contributed by atoms with Gasteiger partial charge in [-0.05, 0) is 30.7 Å². The zero-order valence-corrected chi connectivity index (χ0v) is 16.8. The average molecular weight is 370 g/mol. The summed E-state index contributed by atoms with van der Waals surface area (Å²) in [5.41, 5.74) is 1.76. The quantitative estimate of drug-likeness (QED) is 0.719. The molecule has 5 heteroatoms. The molecular formula is C22H30N2O3. The monoisotopic (exact) mass is 370 g/mol. The Morgan fingerprint density at radius 1 is 1.07 bits per heavy atom. The maximum atomic E-state index is 13.3. The molecule has 0 saturated carbocycles. The number of rotatable bonds is 6. The summed E-state index contributed by atoms with van der Waals surface area (Å²) in [6.07, 6.45) is 2.90. The van der Waals surface area contributed by atoms with Crippen LogP contribution in [0.2, 0.25) is 0 Å². The van der Waals surface area contributed by atoms with Crippen molar-refractivity contribution < 1.29 is 14.3 Å². The number of carbonyl (C=O) groups excluding carboxylic acids is 2. The molecule has 0 bridgehead atoms. The van der Waals surface area contributed by atoms with Crippen LogP contribution >= 0.6 is 0 Å². The zero-order chi connectivity index (χ0) is 19.6. The van der Waals surface area contributed by atoms with Gasteiger partial charge in [0, 0.05) is 25.2 Å². The summed E-state index contributed by atoms with van der Waals surface area (Å²) in [4.78, 5) is 30.1. The molecule has 27 heavy (non-hydrogen) atoms. The molecule has 5 nitrogen and oxygen atoms in total. The van der Waals surface area contributed by atoms with E-state index in [1.165, 1.54) is 4.90 Å². The van der Waals surface area contributed by atoms with Crippen molar-refractivity contribution in [1.29, 1.82) is 0 Å². The van der Waals surface area contributed by atoms with E-state index in [1.54, 1.807) is 7.11 Å². The molecule has 2 unspecified atom stereocenters. The topological polar surface area (TPSA) is 49.9 Å². The van der Waals surface area contributed by atoms with Crippen molar-refractivity contribution >= 4 is 17.4 Å². The van der Waals surface area contributed by atoms with Gasteiger partial charge in [0.25, 0.3) is 11.8 Å². The predicted molar refractivity (Wildman–Crippen MR) is 106 cm³/mol. The number of carbonyl (C=O) groups is 2. The second-order valence-electron chi connectivity index (χ2n) is 7.89. The van der Waals surface area contributed by atoms with Crippen LogP contribution in [0.15, 0.2) is 30.0 Å². The molecule has 3 rings (SSSR count). The van der Waals surface area contributed by atoms with E-state index in [0.717, 1.165) is 32.4 Å². The number of likely N-dealkylation sites (tertiary alicyclic amines) is 1. The first kappa shape index (κ1) is 19.5. The Labute approximate surface area is 162 Å². The SMILES string of the molecule is CCCCN1C(=O)C(c2ccccc2OC)=C(N2CC(C)CC(C)C2)C1=O. The molecule has 1 saturated heterocycles. The molecule has 1 aromatic rings. The van der Waals surface area contributed by atoms with Crippen molar-refractivity contribution in [2.45, 2.75) is 40.0 Å². The molecule has 0 spiro atoms. The molecule has 1 fully saturated rings. The van der Waals surface area contributed by atoms with Crippen molar-refractivity contribution in [2.75, 3.05) is 26.7 Å². The minimum Gasteiger partial charge on any atom is -0.496 e. The highest BCUT2D eigenvalue weighted by Crippen LogP contribution is 2.38. The van der Waals surface area contributed by atoms with E-state index < -0.39 is 0 Å². The summed E-state index contributed by atoms with van der Waals surface area (Å²) in [5.74, 6) is 1.26. The van der Waals surface area contributed by atoms with Crippen LogP contribution < -0.4 is 4.74 Å². The van der Waals surface area contributed by atoms with E-state index in [2.05, 4.69) is 25.7 Å². The third-order valence-electron chi connectivity index (χ3n) is 5.44.